The zero-order valence-electron chi connectivity index (χ0n) is 5.51. The van der Waals surface area contributed by atoms with Crippen molar-refractivity contribution < 1.29 is 4.21 Å². The number of hydrogen-bond acceptors (Lipinski definition) is 1. The molecule has 2 N–H and O–H groups in total. The summed E-state index contributed by atoms with van der Waals surface area (Å²) in [7, 11) is -1.05. The van der Waals surface area contributed by atoms with Crippen LogP contribution in [0.25, 0.3) is 0 Å². The van der Waals surface area contributed by atoms with Crippen molar-refractivity contribution in [2.75, 3.05) is 0 Å². The van der Waals surface area contributed by atoms with Crippen molar-refractivity contribution in [3.63, 3.8) is 0 Å². The molecule has 1 aliphatic carbocycles. The maximum absolute atomic E-state index is 10.7. The second kappa shape index (κ2) is 3.32. The summed E-state index contributed by atoms with van der Waals surface area (Å²) in [5, 5.41) is 5.54. The lowest BCUT2D eigenvalue weighted by atomic mass is 10.0. The average molecular weight is 147 g/mol. The first-order chi connectivity index (χ1) is 4.30. The third kappa shape index (κ3) is 2.06. The lowest BCUT2D eigenvalue weighted by molar-refractivity contribution is 0.505. The van der Waals surface area contributed by atoms with Crippen molar-refractivity contribution in [3.05, 3.63) is 0 Å². The van der Waals surface area contributed by atoms with E-state index < -0.39 is 11.0 Å². The van der Waals surface area contributed by atoms with E-state index >= 15 is 0 Å². The molecule has 0 aromatic rings. The molecule has 2 nitrogen and oxygen atoms in total. The Morgan fingerprint density at radius 2 is 1.78 bits per heavy atom. The SMILES string of the molecule is N[S@](=O)C1CCCCC1. The van der Waals surface area contributed by atoms with E-state index in [9.17, 15) is 4.21 Å². The zero-order valence-corrected chi connectivity index (χ0v) is 6.32. The Morgan fingerprint density at radius 3 is 2.11 bits per heavy atom. The van der Waals surface area contributed by atoms with Crippen LogP contribution in [0.15, 0.2) is 0 Å². The first-order valence-corrected chi connectivity index (χ1v) is 4.73. The minimum atomic E-state index is -1.05. The maximum atomic E-state index is 10.7. The molecule has 0 spiro atoms. The highest BCUT2D eigenvalue weighted by atomic mass is 32.2. The lowest BCUT2D eigenvalue weighted by Gasteiger charge is -2.17. The Kier molecular flexibility index (Phi) is 2.66. The van der Waals surface area contributed by atoms with Gasteiger partial charge < -0.3 is 0 Å². The Morgan fingerprint density at radius 1 is 1.22 bits per heavy atom. The van der Waals surface area contributed by atoms with Gasteiger partial charge in [-0.1, -0.05) is 19.3 Å². The third-order valence-corrected chi connectivity index (χ3v) is 3.01. The second-order valence-electron chi connectivity index (χ2n) is 2.59. The van der Waals surface area contributed by atoms with E-state index in [1.54, 1.807) is 0 Å². The predicted octanol–water partition coefficient (Wildman–Crippen LogP) is 0.942. The molecule has 0 heterocycles. The highest BCUT2D eigenvalue weighted by molar-refractivity contribution is 7.83. The summed E-state index contributed by atoms with van der Waals surface area (Å²) in [6, 6.07) is 0. The van der Waals surface area contributed by atoms with Gasteiger partial charge >= 0.3 is 0 Å². The fourth-order valence-electron chi connectivity index (χ4n) is 1.30. The average Bonchev–Trinajstić information content (AvgIpc) is 1.90. The lowest BCUT2D eigenvalue weighted by Crippen LogP contribution is -2.23. The topological polar surface area (TPSA) is 43.1 Å². The summed E-state index contributed by atoms with van der Waals surface area (Å²) < 4.78 is 10.7. The summed E-state index contributed by atoms with van der Waals surface area (Å²) in [6.07, 6.45) is 5.88. The number of hydrogen-bond donors (Lipinski definition) is 1. The minimum absolute atomic E-state index is 0.304. The smallest absolute Gasteiger partial charge is 0.0919 e. The zero-order chi connectivity index (χ0) is 6.69. The van der Waals surface area contributed by atoms with Crippen LogP contribution in [0.2, 0.25) is 0 Å². The number of rotatable bonds is 1. The van der Waals surface area contributed by atoms with E-state index in [0.717, 1.165) is 12.8 Å². The Hall–Kier alpha value is 0.110. The van der Waals surface area contributed by atoms with Gasteiger partial charge in [-0.05, 0) is 12.8 Å². The van der Waals surface area contributed by atoms with Crippen LogP contribution in [0.3, 0.4) is 0 Å². The third-order valence-electron chi connectivity index (χ3n) is 1.88. The monoisotopic (exact) mass is 147 g/mol. The molecular formula is C6H13NOS. The minimum Gasteiger partial charge on any atom is -0.252 e. The van der Waals surface area contributed by atoms with Gasteiger partial charge in [-0.3, -0.25) is 5.14 Å². The maximum Gasteiger partial charge on any atom is 0.0919 e. The van der Waals surface area contributed by atoms with Gasteiger partial charge in [0.25, 0.3) is 0 Å². The molecule has 0 radical (unpaired) electrons. The molecule has 3 heteroatoms. The Balaban J connectivity index is 2.31. The molecule has 0 aromatic heterocycles. The van der Waals surface area contributed by atoms with Gasteiger partial charge in [-0.2, -0.15) is 0 Å². The van der Waals surface area contributed by atoms with Crippen molar-refractivity contribution in [3.8, 4) is 0 Å². The number of nitrogens with two attached hydrogens (primary N) is 1. The van der Waals surface area contributed by atoms with Crippen LogP contribution in [0, 0.1) is 0 Å². The summed E-state index contributed by atoms with van der Waals surface area (Å²) in [6.45, 7) is 0. The van der Waals surface area contributed by atoms with Gasteiger partial charge in [0.2, 0.25) is 0 Å². The highest BCUT2D eigenvalue weighted by Crippen LogP contribution is 2.19. The molecule has 0 amide bonds. The fourth-order valence-corrected chi connectivity index (χ4v) is 2.10. The molecular weight excluding hydrogens is 134 g/mol. The van der Waals surface area contributed by atoms with Gasteiger partial charge in [0, 0.05) is 5.25 Å². The van der Waals surface area contributed by atoms with E-state index in [2.05, 4.69) is 0 Å². The summed E-state index contributed by atoms with van der Waals surface area (Å²) in [5.74, 6) is 0. The van der Waals surface area contributed by atoms with Crippen molar-refractivity contribution in [1.29, 1.82) is 0 Å². The normalized spacial score (nSPS) is 25.9. The molecule has 0 aromatic carbocycles. The van der Waals surface area contributed by atoms with E-state index in [-0.39, 0.29) is 0 Å². The molecule has 54 valence electrons. The van der Waals surface area contributed by atoms with Crippen LogP contribution in [0.5, 0.6) is 0 Å². The second-order valence-corrected chi connectivity index (χ2v) is 3.91. The predicted molar refractivity (Wildman–Crippen MR) is 39.2 cm³/mol. The van der Waals surface area contributed by atoms with Gasteiger partial charge in [-0.15, -0.1) is 0 Å². The van der Waals surface area contributed by atoms with Gasteiger partial charge in [0.15, 0.2) is 0 Å². The van der Waals surface area contributed by atoms with Gasteiger partial charge in [0.1, 0.15) is 0 Å². The van der Waals surface area contributed by atoms with Gasteiger partial charge in [-0.25, -0.2) is 4.21 Å². The van der Waals surface area contributed by atoms with Crippen molar-refractivity contribution in [2.45, 2.75) is 37.4 Å². The molecule has 1 aliphatic rings. The molecule has 0 saturated heterocycles. The van der Waals surface area contributed by atoms with Crippen LogP contribution in [0.4, 0.5) is 0 Å². The largest absolute Gasteiger partial charge is 0.252 e. The van der Waals surface area contributed by atoms with E-state index in [0.29, 0.717) is 5.25 Å². The summed E-state index contributed by atoms with van der Waals surface area (Å²) in [5.41, 5.74) is 0. The van der Waals surface area contributed by atoms with Crippen LogP contribution in [-0.4, -0.2) is 9.46 Å². The summed E-state index contributed by atoms with van der Waals surface area (Å²) in [4.78, 5) is 0. The molecule has 9 heavy (non-hydrogen) atoms. The molecule has 1 rings (SSSR count). The van der Waals surface area contributed by atoms with Crippen molar-refractivity contribution in [1.82, 2.24) is 0 Å². The van der Waals surface area contributed by atoms with Crippen molar-refractivity contribution >= 4 is 11.0 Å². The van der Waals surface area contributed by atoms with Gasteiger partial charge in [0.05, 0.1) is 11.0 Å². The summed E-state index contributed by atoms with van der Waals surface area (Å²) >= 11 is 0. The van der Waals surface area contributed by atoms with Crippen molar-refractivity contribution in [2.24, 2.45) is 5.14 Å². The molecule has 0 unspecified atom stereocenters. The van der Waals surface area contributed by atoms with E-state index in [1.807, 2.05) is 0 Å². The fraction of sp³-hybridized carbons (Fsp3) is 1.00. The molecule has 1 saturated carbocycles. The highest BCUT2D eigenvalue weighted by Gasteiger charge is 2.16. The quantitative estimate of drug-likeness (QED) is 0.589. The molecule has 1 atom stereocenters. The van der Waals surface area contributed by atoms with Crippen LogP contribution >= 0.6 is 0 Å². The first kappa shape index (κ1) is 7.22. The Bertz CT molecular complexity index is 110. The molecule has 0 bridgehead atoms. The first-order valence-electron chi connectivity index (χ1n) is 3.45. The molecule has 0 aliphatic heterocycles. The van der Waals surface area contributed by atoms with E-state index in [1.165, 1.54) is 19.3 Å². The van der Waals surface area contributed by atoms with Crippen LogP contribution in [-0.2, 0) is 11.0 Å². The molecule has 1 fully saturated rings. The Labute approximate surface area is 58.4 Å². The van der Waals surface area contributed by atoms with Crippen LogP contribution < -0.4 is 5.14 Å². The standard InChI is InChI=1S/C6H13NOS/c7-9(8)6-4-2-1-3-5-6/h6H,1-5,7H2/t9-/m1/s1. The van der Waals surface area contributed by atoms with Crippen LogP contribution in [0.1, 0.15) is 32.1 Å². The van der Waals surface area contributed by atoms with E-state index in [4.69, 9.17) is 5.14 Å².